The molecule has 4 aromatic carbocycles. The molecule has 0 aromatic heterocycles. The average Bonchev–Trinajstić information content (AvgIpc) is 2.88. The molecule has 0 N–H and O–H groups in total. The number of aryl methyl sites for hydroxylation is 1. The summed E-state index contributed by atoms with van der Waals surface area (Å²) < 4.78 is 5.60. The Hall–Kier alpha value is -3.50. The van der Waals surface area contributed by atoms with Crippen LogP contribution in [0.3, 0.4) is 0 Å². The van der Waals surface area contributed by atoms with E-state index in [0.29, 0.717) is 6.61 Å². The second-order valence-corrected chi connectivity index (χ2v) is 8.85. The lowest BCUT2D eigenvalue weighted by molar-refractivity contribution is 0.341. The Morgan fingerprint density at radius 3 is 1.94 bits per heavy atom. The zero-order valence-corrected chi connectivity index (χ0v) is 20.4. The summed E-state index contributed by atoms with van der Waals surface area (Å²) >= 11 is 0. The molecule has 0 amide bonds. The van der Waals surface area contributed by atoms with Crippen molar-refractivity contribution in [3.8, 4) is 28.7 Å². The van der Waals surface area contributed by atoms with Gasteiger partial charge in [-0.25, -0.2) is 0 Å². The molecule has 1 heteroatoms. The Labute approximate surface area is 204 Å². The van der Waals surface area contributed by atoms with E-state index in [1.54, 1.807) is 0 Å². The maximum atomic E-state index is 5.60. The lowest BCUT2D eigenvalue weighted by Crippen LogP contribution is -1.90. The quantitative estimate of drug-likeness (QED) is 0.184. The number of hydrogen-bond donors (Lipinski definition) is 0. The molecule has 0 unspecified atom stereocenters. The third kappa shape index (κ3) is 6.52. The van der Waals surface area contributed by atoms with Crippen molar-refractivity contribution in [1.82, 2.24) is 0 Å². The molecule has 4 rings (SSSR count). The Bertz CT molecular complexity index is 1250. The number of rotatable bonds is 9. The molecule has 0 aliphatic carbocycles. The number of fused-ring (bicyclic) bond motifs is 1. The third-order valence-corrected chi connectivity index (χ3v) is 6.22. The third-order valence-electron chi connectivity index (χ3n) is 6.22. The SMILES string of the molecule is CCCCCCCc1ccc(-c2ccc(C#Cc3ccc4cc(OCC)ccc4c3)cc2)cc1. The molecule has 0 saturated carbocycles. The lowest BCUT2D eigenvalue weighted by atomic mass is 10.00. The van der Waals surface area contributed by atoms with Crippen molar-refractivity contribution in [2.24, 2.45) is 0 Å². The van der Waals surface area contributed by atoms with Crippen LogP contribution in [0.25, 0.3) is 21.9 Å². The number of benzene rings is 4. The molecule has 0 aliphatic heterocycles. The predicted octanol–water partition coefficient (Wildman–Crippen LogP) is 8.82. The molecule has 0 spiro atoms. The van der Waals surface area contributed by atoms with Crippen LogP contribution in [-0.2, 0) is 6.42 Å². The molecule has 1 nitrogen and oxygen atoms in total. The Kier molecular flexibility index (Phi) is 8.42. The second kappa shape index (κ2) is 12.1. The van der Waals surface area contributed by atoms with Gasteiger partial charge >= 0.3 is 0 Å². The molecular weight excluding hydrogens is 412 g/mol. The first-order chi connectivity index (χ1) is 16.7. The first-order valence-electron chi connectivity index (χ1n) is 12.6. The molecule has 0 bridgehead atoms. The molecule has 0 radical (unpaired) electrons. The van der Waals surface area contributed by atoms with Crippen molar-refractivity contribution in [2.75, 3.05) is 6.61 Å². The second-order valence-electron chi connectivity index (χ2n) is 8.85. The van der Waals surface area contributed by atoms with Crippen molar-refractivity contribution in [1.29, 1.82) is 0 Å². The highest BCUT2D eigenvalue weighted by Crippen LogP contribution is 2.23. The lowest BCUT2D eigenvalue weighted by Gasteiger charge is -2.05. The molecule has 34 heavy (non-hydrogen) atoms. The van der Waals surface area contributed by atoms with Crippen molar-refractivity contribution in [3.05, 3.63) is 102 Å². The van der Waals surface area contributed by atoms with Gasteiger partial charge in [-0.2, -0.15) is 0 Å². The zero-order valence-electron chi connectivity index (χ0n) is 20.4. The van der Waals surface area contributed by atoms with Crippen LogP contribution in [0.15, 0.2) is 84.9 Å². The zero-order chi connectivity index (χ0) is 23.6. The fourth-order valence-electron chi connectivity index (χ4n) is 4.24. The van der Waals surface area contributed by atoms with E-state index in [-0.39, 0.29) is 0 Å². The summed E-state index contributed by atoms with van der Waals surface area (Å²) in [5, 5.41) is 2.35. The first-order valence-corrected chi connectivity index (χ1v) is 12.6. The first kappa shape index (κ1) is 23.7. The highest BCUT2D eigenvalue weighted by Gasteiger charge is 2.01. The van der Waals surface area contributed by atoms with Crippen LogP contribution in [0.5, 0.6) is 5.75 Å². The van der Waals surface area contributed by atoms with Gasteiger partial charge in [0.05, 0.1) is 6.61 Å². The summed E-state index contributed by atoms with van der Waals surface area (Å²) in [6.07, 6.45) is 7.83. The fourth-order valence-corrected chi connectivity index (χ4v) is 4.24. The standard InChI is InChI=1S/C33H34O/c1-3-5-6-7-8-9-26-12-17-29(18-13-26)30-19-14-27(15-20-30)10-11-28-16-21-32-25-33(34-4-2)23-22-31(32)24-28/h12-25H,3-9H2,1-2H3. The van der Waals surface area contributed by atoms with Gasteiger partial charge in [0.1, 0.15) is 5.75 Å². The van der Waals surface area contributed by atoms with Gasteiger partial charge in [0.2, 0.25) is 0 Å². The minimum atomic E-state index is 0.679. The van der Waals surface area contributed by atoms with Crippen molar-refractivity contribution < 1.29 is 4.74 Å². The summed E-state index contributed by atoms with van der Waals surface area (Å²) in [4.78, 5) is 0. The minimum Gasteiger partial charge on any atom is -0.494 e. The molecule has 0 aliphatic rings. The topological polar surface area (TPSA) is 9.23 Å². The van der Waals surface area contributed by atoms with E-state index in [0.717, 1.165) is 16.9 Å². The molecular formula is C33H34O. The van der Waals surface area contributed by atoms with E-state index in [9.17, 15) is 0 Å². The maximum absolute atomic E-state index is 5.60. The summed E-state index contributed by atoms with van der Waals surface area (Å²) in [5.74, 6) is 7.53. The van der Waals surface area contributed by atoms with Crippen LogP contribution < -0.4 is 4.74 Å². The van der Waals surface area contributed by atoms with E-state index >= 15 is 0 Å². The molecule has 0 heterocycles. The van der Waals surface area contributed by atoms with Crippen LogP contribution >= 0.6 is 0 Å². The van der Waals surface area contributed by atoms with Crippen LogP contribution in [0.1, 0.15) is 62.6 Å². The Morgan fingerprint density at radius 1 is 0.588 bits per heavy atom. The summed E-state index contributed by atoms with van der Waals surface area (Å²) in [6, 6.07) is 30.1. The normalized spacial score (nSPS) is 10.6. The number of ether oxygens (including phenoxy) is 1. The molecule has 0 fully saturated rings. The average molecular weight is 447 g/mol. The van der Waals surface area contributed by atoms with Gasteiger partial charge in [-0.05, 0) is 83.6 Å². The smallest absolute Gasteiger partial charge is 0.119 e. The van der Waals surface area contributed by atoms with Crippen LogP contribution in [0.4, 0.5) is 0 Å². The molecule has 0 atom stereocenters. The van der Waals surface area contributed by atoms with E-state index in [1.165, 1.54) is 66.0 Å². The van der Waals surface area contributed by atoms with Gasteiger partial charge in [0, 0.05) is 11.1 Å². The van der Waals surface area contributed by atoms with Crippen LogP contribution in [-0.4, -0.2) is 6.61 Å². The van der Waals surface area contributed by atoms with Gasteiger partial charge in [0.15, 0.2) is 0 Å². The van der Waals surface area contributed by atoms with Gasteiger partial charge in [-0.3, -0.25) is 0 Å². The largest absolute Gasteiger partial charge is 0.494 e. The highest BCUT2D eigenvalue weighted by atomic mass is 16.5. The Balaban J connectivity index is 1.38. The summed E-state index contributed by atoms with van der Waals surface area (Å²) in [6.45, 7) is 4.95. The van der Waals surface area contributed by atoms with Crippen LogP contribution in [0.2, 0.25) is 0 Å². The van der Waals surface area contributed by atoms with Gasteiger partial charge in [-0.15, -0.1) is 0 Å². The minimum absolute atomic E-state index is 0.679. The number of unbranched alkanes of at least 4 members (excludes halogenated alkanes) is 4. The highest BCUT2D eigenvalue weighted by molar-refractivity contribution is 5.85. The summed E-state index contributed by atoms with van der Waals surface area (Å²) in [7, 11) is 0. The van der Waals surface area contributed by atoms with Gasteiger partial charge in [-0.1, -0.05) is 93.0 Å². The van der Waals surface area contributed by atoms with E-state index in [2.05, 4.69) is 97.6 Å². The van der Waals surface area contributed by atoms with E-state index in [4.69, 9.17) is 4.74 Å². The molecule has 172 valence electrons. The van der Waals surface area contributed by atoms with Crippen molar-refractivity contribution >= 4 is 10.8 Å². The molecule has 4 aromatic rings. The molecule has 0 saturated heterocycles. The monoisotopic (exact) mass is 446 g/mol. The van der Waals surface area contributed by atoms with E-state index in [1.807, 2.05) is 13.0 Å². The van der Waals surface area contributed by atoms with Crippen molar-refractivity contribution in [2.45, 2.75) is 52.4 Å². The van der Waals surface area contributed by atoms with E-state index < -0.39 is 0 Å². The van der Waals surface area contributed by atoms with Gasteiger partial charge in [0.25, 0.3) is 0 Å². The summed E-state index contributed by atoms with van der Waals surface area (Å²) in [5.41, 5.74) is 5.98. The van der Waals surface area contributed by atoms with Gasteiger partial charge < -0.3 is 4.74 Å². The Morgan fingerprint density at radius 2 is 1.21 bits per heavy atom. The van der Waals surface area contributed by atoms with Crippen LogP contribution in [0, 0.1) is 11.8 Å². The maximum Gasteiger partial charge on any atom is 0.119 e. The fraction of sp³-hybridized carbons (Fsp3) is 0.273. The van der Waals surface area contributed by atoms with Crippen molar-refractivity contribution in [3.63, 3.8) is 0 Å². The number of hydrogen-bond acceptors (Lipinski definition) is 1. The predicted molar refractivity (Wildman–Crippen MR) is 145 cm³/mol.